The summed E-state index contributed by atoms with van der Waals surface area (Å²) in [7, 11) is 0. The van der Waals surface area contributed by atoms with Crippen molar-refractivity contribution in [3.8, 4) is 5.75 Å². The van der Waals surface area contributed by atoms with Crippen LogP contribution in [0, 0.1) is 12.7 Å². The van der Waals surface area contributed by atoms with E-state index in [4.69, 9.17) is 4.74 Å². The minimum atomic E-state index is -0.932. The first-order valence-electron chi connectivity index (χ1n) is 13.8. The van der Waals surface area contributed by atoms with Gasteiger partial charge < -0.3 is 9.84 Å². The Labute approximate surface area is 275 Å². The summed E-state index contributed by atoms with van der Waals surface area (Å²) in [6, 6.07) is 27.1. The lowest BCUT2D eigenvalue weighted by atomic mass is 9.95. The molecule has 0 aliphatic carbocycles. The summed E-state index contributed by atoms with van der Waals surface area (Å²) in [5.74, 6) is -1.13. The number of aliphatic hydroxyl groups excluding tert-OH is 1. The van der Waals surface area contributed by atoms with Gasteiger partial charge in [0.2, 0.25) is 5.13 Å². The van der Waals surface area contributed by atoms with Crippen LogP contribution in [0.2, 0.25) is 0 Å². The van der Waals surface area contributed by atoms with Crippen molar-refractivity contribution in [2.45, 2.75) is 29.7 Å². The van der Waals surface area contributed by atoms with Crippen LogP contribution >= 0.6 is 39.0 Å². The number of hydrogen-bond donors (Lipinski definition) is 1. The third-order valence-corrected chi connectivity index (χ3v) is 9.95. The number of anilines is 1. The molecule has 7 nitrogen and oxygen atoms in total. The molecular weight excluding hydrogens is 677 g/mol. The standard InChI is InChI=1S/C34H25BrFN3O4S2/c1-20-4-2-3-5-24(20)18-43-27-16-10-23(11-17-27)30(40)28-29(22-8-12-25(35)13-9-22)39(32(42)31(28)41)33-37-38-34(45-33)44-19-21-6-14-26(36)15-7-21/h2-17,29,40H,18-19H2,1H3/b30-28+. The molecule has 6 rings (SSSR count). The molecule has 4 aromatic carbocycles. The Kier molecular flexibility index (Phi) is 9.11. The van der Waals surface area contributed by atoms with Crippen molar-refractivity contribution in [3.63, 3.8) is 0 Å². The SMILES string of the molecule is Cc1ccccc1COc1ccc(/C(O)=C2\C(=O)C(=O)N(c3nnc(SCc4ccc(F)cc4)s3)C2c2ccc(Br)cc2)cc1. The lowest BCUT2D eigenvalue weighted by Gasteiger charge is -2.22. The Bertz CT molecular complexity index is 1890. The molecule has 226 valence electrons. The highest BCUT2D eigenvalue weighted by molar-refractivity contribution is 9.10. The lowest BCUT2D eigenvalue weighted by Crippen LogP contribution is -2.29. The smallest absolute Gasteiger partial charge is 0.301 e. The molecule has 1 fully saturated rings. The summed E-state index contributed by atoms with van der Waals surface area (Å²) < 4.78 is 20.6. The van der Waals surface area contributed by atoms with Crippen LogP contribution in [0.15, 0.2) is 111 Å². The fourth-order valence-corrected chi connectivity index (χ4v) is 6.96. The quantitative estimate of drug-likeness (QED) is 0.0544. The van der Waals surface area contributed by atoms with Crippen LogP contribution in [0.4, 0.5) is 9.52 Å². The van der Waals surface area contributed by atoms with Crippen LogP contribution in [-0.2, 0) is 21.9 Å². The first-order valence-corrected chi connectivity index (χ1v) is 16.4. The number of carbonyl (C=O) groups is 2. The summed E-state index contributed by atoms with van der Waals surface area (Å²) in [5, 5.41) is 20.2. The molecule has 45 heavy (non-hydrogen) atoms. The number of amides is 1. The average molecular weight is 703 g/mol. The number of Topliss-reactive ketones (excluding diaryl/α,β-unsaturated/α-hetero) is 1. The summed E-state index contributed by atoms with van der Waals surface area (Å²) in [6.07, 6.45) is 0. The number of thioether (sulfide) groups is 1. The molecule has 1 amide bonds. The van der Waals surface area contributed by atoms with Crippen molar-refractivity contribution in [3.05, 3.63) is 141 Å². The molecule has 0 bridgehead atoms. The number of nitrogens with zero attached hydrogens (tertiary/aromatic N) is 3. The summed E-state index contributed by atoms with van der Waals surface area (Å²) in [4.78, 5) is 28.3. The summed E-state index contributed by atoms with van der Waals surface area (Å²) >= 11 is 5.99. The first kappa shape index (κ1) is 30.7. The monoisotopic (exact) mass is 701 g/mol. The van der Waals surface area contributed by atoms with Gasteiger partial charge in [-0.1, -0.05) is 87.6 Å². The topological polar surface area (TPSA) is 92.6 Å². The molecular formula is C34H25BrFN3O4S2. The zero-order chi connectivity index (χ0) is 31.5. The molecule has 5 aromatic rings. The van der Waals surface area contributed by atoms with Gasteiger partial charge in [0.1, 0.15) is 23.9 Å². The van der Waals surface area contributed by atoms with Gasteiger partial charge >= 0.3 is 5.91 Å². The van der Waals surface area contributed by atoms with E-state index in [-0.39, 0.29) is 22.3 Å². The largest absolute Gasteiger partial charge is 0.507 e. The molecule has 1 saturated heterocycles. The average Bonchev–Trinajstić information content (AvgIpc) is 3.62. The maximum absolute atomic E-state index is 13.5. The van der Waals surface area contributed by atoms with E-state index in [0.29, 0.717) is 33.6 Å². The minimum absolute atomic E-state index is 0.0494. The molecule has 0 saturated carbocycles. The van der Waals surface area contributed by atoms with Crippen molar-refractivity contribution in [1.29, 1.82) is 0 Å². The molecule has 2 heterocycles. The normalized spacial score (nSPS) is 15.9. The number of hydrogen-bond acceptors (Lipinski definition) is 8. The highest BCUT2D eigenvalue weighted by Gasteiger charge is 2.48. The first-order chi connectivity index (χ1) is 21.8. The number of benzene rings is 4. The lowest BCUT2D eigenvalue weighted by molar-refractivity contribution is -0.132. The Hall–Kier alpha value is -4.32. The van der Waals surface area contributed by atoms with Crippen molar-refractivity contribution < 1.29 is 23.8 Å². The molecule has 1 atom stereocenters. The molecule has 1 aliphatic heterocycles. The van der Waals surface area contributed by atoms with E-state index >= 15 is 0 Å². The van der Waals surface area contributed by atoms with Gasteiger partial charge in [-0.25, -0.2) is 4.39 Å². The van der Waals surface area contributed by atoms with Crippen LogP contribution in [0.5, 0.6) is 5.75 Å². The van der Waals surface area contributed by atoms with Crippen molar-refractivity contribution in [2.24, 2.45) is 0 Å². The number of halogens is 2. The molecule has 1 aliphatic rings. The Morgan fingerprint density at radius 2 is 1.69 bits per heavy atom. The fourth-order valence-electron chi connectivity index (χ4n) is 4.87. The predicted molar refractivity (Wildman–Crippen MR) is 177 cm³/mol. The van der Waals surface area contributed by atoms with Crippen molar-refractivity contribution in [1.82, 2.24) is 10.2 Å². The Morgan fingerprint density at radius 1 is 0.978 bits per heavy atom. The maximum Gasteiger partial charge on any atom is 0.301 e. The van der Waals surface area contributed by atoms with Gasteiger partial charge in [0.25, 0.3) is 5.78 Å². The van der Waals surface area contributed by atoms with Gasteiger partial charge in [0.15, 0.2) is 4.34 Å². The number of ketones is 1. The van der Waals surface area contributed by atoms with Gasteiger partial charge in [-0.3, -0.25) is 14.5 Å². The second-order valence-electron chi connectivity index (χ2n) is 10.2. The predicted octanol–water partition coefficient (Wildman–Crippen LogP) is 8.25. The number of rotatable bonds is 9. The second kappa shape index (κ2) is 13.4. The van der Waals surface area contributed by atoms with Gasteiger partial charge in [-0.05, 0) is 77.7 Å². The summed E-state index contributed by atoms with van der Waals surface area (Å²) in [6.45, 7) is 2.41. The van der Waals surface area contributed by atoms with Crippen LogP contribution in [0.1, 0.15) is 33.9 Å². The number of aliphatic hydroxyl groups is 1. The molecule has 1 N–H and O–H groups in total. The van der Waals surface area contributed by atoms with Crippen LogP contribution in [-0.4, -0.2) is 27.0 Å². The Balaban J connectivity index is 1.29. The highest BCUT2D eigenvalue weighted by atomic mass is 79.9. The second-order valence-corrected chi connectivity index (χ2v) is 13.3. The number of aryl methyl sites for hydroxylation is 1. The van der Waals surface area contributed by atoms with Crippen LogP contribution in [0.3, 0.4) is 0 Å². The van der Waals surface area contributed by atoms with E-state index in [9.17, 15) is 19.1 Å². The third kappa shape index (κ3) is 6.70. The minimum Gasteiger partial charge on any atom is -0.507 e. The van der Waals surface area contributed by atoms with Crippen molar-refractivity contribution in [2.75, 3.05) is 4.90 Å². The molecule has 1 aromatic heterocycles. The van der Waals surface area contributed by atoms with Gasteiger partial charge in [-0.15, -0.1) is 10.2 Å². The fraction of sp³-hybridized carbons (Fsp3) is 0.118. The zero-order valence-corrected chi connectivity index (χ0v) is 27.0. The molecule has 0 radical (unpaired) electrons. The van der Waals surface area contributed by atoms with E-state index in [1.54, 1.807) is 60.7 Å². The Morgan fingerprint density at radius 3 is 2.40 bits per heavy atom. The summed E-state index contributed by atoms with van der Waals surface area (Å²) in [5.41, 5.74) is 4.02. The van der Waals surface area contributed by atoms with E-state index in [1.807, 2.05) is 31.2 Å². The number of aromatic nitrogens is 2. The van der Waals surface area contributed by atoms with Gasteiger partial charge in [-0.2, -0.15) is 0 Å². The molecule has 11 heteroatoms. The van der Waals surface area contributed by atoms with Crippen LogP contribution in [0.25, 0.3) is 5.76 Å². The van der Waals surface area contributed by atoms with E-state index < -0.39 is 17.7 Å². The zero-order valence-electron chi connectivity index (χ0n) is 23.8. The molecule has 0 spiro atoms. The van der Waals surface area contributed by atoms with Crippen LogP contribution < -0.4 is 9.64 Å². The molecule has 1 unspecified atom stereocenters. The van der Waals surface area contributed by atoms with E-state index in [2.05, 4.69) is 26.1 Å². The number of ether oxygens (including phenoxy) is 1. The van der Waals surface area contributed by atoms with E-state index in [1.165, 1.54) is 40.1 Å². The van der Waals surface area contributed by atoms with Gasteiger partial charge in [0.05, 0.1) is 11.6 Å². The third-order valence-electron chi connectivity index (χ3n) is 7.29. The van der Waals surface area contributed by atoms with Gasteiger partial charge in [0, 0.05) is 15.8 Å². The number of carbonyl (C=O) groups excluding carboxylic acids is 2. The van der Waals surface area contributed by atoms with E-state index in [0.717, 1.165) is 21.2 Å². The highest BCUT2D eigenvalue weighted by Crippen LogP contribution is 2.44. The maximum atomic E-state index is 13.5. The van der Waals surface area contributed by atoms with Crippen molar-refractivity contribution >= 4 is 61.6 Å².